The average Bonchev–Trinajstić information content (AvgIpc) is 3.59. The van der Waals surface area contributed by atoms with Crippen LogP contribution in [-0.4, -0.2) is 11.5 Å². The van der Waals surface area contributed by atoms with E-state index in [2.05, 4.69) is 110 Å². The molecule has 0 spiro atoms. The molecule has 0 unspecified atom stereocenters. The Morgan fingerprint density at radius 2 is 1.39 bits per heavy atom. The minimum absolute atomic E-state index is 0.659. The Morgan fingerprint density at radius 3 is 2.30 bits per heavy atom. The maximum atomic E-state index is 6.50. The molecule has 0 saturated carbocycles. The zero-order valence-electron chi connectivity index (χ0n) is 23.8. The van der Waals surface area contributed by atoms with Gasteiger partial charge in [-0.3, -0.25) is 0 Å². The second kappa shape index (κ2) is 9.75. The molecular weight excluding hydrogens is 557 g/mol. The highest BCUT2D eigenvalue weighted by molar-refractivity contribution is 7.25. The molecule has 3 heterocycles. The van der Waals surface area contributed by atoms with Crippen molar-refractivity contribution in [2.75, 3.05) is 0 Å². The van der Waals surface area contributed by atoms with Gasteiger partial charge in [-0.2, -0.15) is 0 Å². The van der Waals surface area contributed by atoms with Gasteiger partial charge in [-0.25, -0.2) is 9.98 Å². The van der Waals surface area contributed by atoms with E-state index in [0.717, 1.165) is 66.4 Å². The molecule has 0 saturated heterocycles. The van der Waals surface area contributed by atoms with Crippen molar-refractivity contribution in [2.24, 2.45) is 9.98 Å². The quantitative estimate of drug-likeness (QED) is 0.192. The number of nitrogens with zero attached hydrogens (tertiary/aromatic N) is 2. The SMILES string of the molecule is CC1=C=C(c2cccc3oc4c5ccccc5ccc4c23)N=C(c2ccccc2)N=C1c1ccc2c(c1)sc1ccccc12. The third-order valence-electron chi connectivity index (χ3n) is 8.42. The van der Waals surface area contributed by atoms with Gasteiger partial charge in [0.1, 0.15) is 16.9 Å². The van der Waals surface area contributed by atoms with E-state index >= 15 is 0 Å². The Balaban J connectivity index is 1.30. The summed E-state index contributed by atoms with van der Waals surface area (Å²) in [6.45, 7) is 2.08. The second-order valence-corrected chi connectivity index (χ2v) is 12.2. The van der Waals surface area contributed by atoms with Crippen LogP contribution in [0.15, 0.2) is 153 Å². The number of hydrogen-bond acceptors (Lipinski definition) is 4. The molecule has 0 N–H and O–H groups in total. The summed E-state index contributed by atoms with van der Waals surface area (Å²) < 4.78 is 9.03. The van der Waals surface area contributed by atoms with E-state index in [0.29, 0.717) is 5.84 Å². The Kier molecular flexibility index (Phi) is 5.54. The molecule has 44 heavy (non-hydrogen) atoms. The molecule has 0 bridgehead atoms. The Bertz CT molecular complexity index is 2590. The van der Waals surface area contributed by atoms with Gasteiger partial charge in [0.15, 0.2) is 5.84 Å². The van der Waals surface area contributed by atoms with Gasteiger partial charge in [-0.05, 0) is 36.6 Å². The third kappa shape index (κ3) is 3.90. The minimum atomic E-state index is 0.659. The fourth-order valence-electron chi connectivity index (χ4n) is 6.33. The summed E-state index contributed by atoms with van der Waals surface area (Å²) in [7, 11) is 0. The summed E-state index contributed by atoms with van der Waals surface area (Å²) in [6.07, 6.45) is 0. The van der Waals surface area contributed by atoms with Crippen molar-refractivity contribution in [3.05, 3.63) is 155 Å². The summed E-state index contributed by atoms with van der Waals surface area (Å²) in [6, 6.07) is 44.3. The van der Waals surface area contributed by atoms with E-state index in [1.807, 2.05) is 41.7 Å². The molecule has 0 aliphatic carbocycles. The molecule has 0 amide bonds. The Hall–Kier alpha value is -5.54. The molecule has 1 aliphatic heterocycles. The van der Waals surface area contributed by atoms with E-state index in [1.165, 1.54) is 20.2 Å². The fourth-order valence-corrected chi connectivity index (χ4v) is 7.48. The number of hydrogen-bond donors (Lipinski definition) is 0. The lowest BCUT2D eigenvalue weighted by atomic mass is 9.99. The lowest BCUT2D eigenvalue weighted by molar-refractivity contribution is 0.672. The molecule has 206 valence electrons. The van der Waals surface area contributed by atoms with Gasteiger partial charge in [0.2, 0.25) is 0 Å². The van der Waals surface area contributed by atoms with Gasteiger partial charge in [0.25, 0.3) is 0 Å². The zero-order valence-corrected chi connectivity index (χ0v) is 24.7. The Morgan fingerprint density at radius 1 is 0.614 bits per heavy atom. The number of fused-ring (bicyclic) bond motifs is 8. The number of thiophene rings is 1. The van der Waals surface area contributed by atoms with Gasteiger partial charge in [0.05, 0.1) is 5.71 Å². The monoisotopic (exact) mass is 580 g/mol. The van der Waals surface area contributed by atoms with Crippen molar-refractivity contribution in [3.63, 3.8) is 0 Å². The standard InChI is InChI=1S/C40H24N2OS/c1-24-22-33(31-15-9-16-34-37(31)32-21-18-25-10-5-6-13-28(25)39(32)43-34)41-40(26-11-3-2-4-12-26)42-38(24)27-19-20-30-29-14-7-8-17-35(29)44-36(30)23-27/h2-21,23H,1H3. The van der Waals surface area contributed by atoms with Gasteiger partial charge in [-0.15, -0.1) is 11.3 Å². The number of benzene rings is 6. The number of rotatable bonds is 3. The molecule has 0 fully saturated rings. The van der Waals surface area contributed by atoms with Crippen molar-refractivity contribution < 1.29 is 4.42 Å². The number of aliphatic imine (C=N–C) groups is 2. The lowest BCUT2D eigenvalue weighted by Gasteiger charge is -2.07. The summed E-state index contributed by atoms with van der Waals surface area (Å²) in [5, 5.41) is 6.92. The third-order valence-corrected chi connectivity index (χ3v) is 9.56. The maximum absolute atomic E-state index is 6.50. The van der Waals surface area contributed by atoms with E-state index in [4.69, 9.17) is 14.4 Å². The Labute approximate surface area is 257 Å². The highest BCUT2D eigenvalue weighted by Crippen LogP contribution is 2.39. The first-order valence-corrected chi connectivity index (χ1v) is 15.5. The predicted octanol–water partition coefficient (Wildman–Crippen LogP) is 10.9. The van der Waals surface area contributed by atoms with Gasteiger partial charge >= 0.3 is 0 Å². The molecule has 8 aromatic rings. The number of furan rings is 1. The van der Waals surface area contributed by atoms with Crippen LogP contribution in [0.5, 0.6) is 0 Å². The average molecular weight is 581 g/mol. The molecule has 0 atom stereocenters. The summed E-state index contributed by atoms with van der Waals surface area (Å²) >= 11 is 1.81. The summed E-state index contributed by atoms with van der Waals surface area (Å²) in [4.78, 5) is 10.4. The predicted molar refractivity (Wildman–Crippen MR) is 186 cm³/mol. The molecule has 1 aliphatic rings. The molecular formula is C40H24N2OS. The van der Waals surface area contributed by atoms with E-state index in [-0.39, 0.29) is 0 Å². The molecule has 3 nitrogen and oxygen atoms in total. The first-order chi connectivity index (χ1) is 21.7. The molecule has 9 rings (SSSR count). The van der Waals surface area contributed by atoms with Crippen LogP contribution in [0, 0.1) is 0 Å². The largest absolute Gasteiger partial charge is 0.455 e. The normalized spacial score (nSPS) is 13.8. The van der Waals surface area contributed by atoms with Crippen LogP contribution in [-0.2, 0) is 0 Å². The molecule has 2 aromatic heterocycles. The van der Waals surface area contributed by atoms with Gasteiger partial charge in [-0.1, -0.05) is 109 Å². The first kappa shape index (κ1) is 25.0. The lowest BCUT2D eigenvalue weighted by Crippen LogP contribution is -2.07. The molecule has 4 heteroatoms. The van der Waals surface area contributed by atoms with Crippen LogP contribution in [0.1, 0.15) is 23.6 Å². The van der Waals surface area contributed by atoms with Gasteiger partial charge in [0, 0.05) is 58.6 Å². The van der Waals surface area contributed by atoms with Crippen molar-refractivity contribution in [2.45, 2.75) is 6.92 Å². The van der Waals surface area contributed by atoms with Crippen LogP contribution in [0.2, 0.25) is 0 Å². The van der Waals surface area contributed by atoms with Crippen LogP contribution in [0.4, 0.5) is 0 Å². The highest BCUT2D eigenvalue weighted by Gasteiger charge is 2.20. The molecule has 0 radical (unpaired) electrons. The topological polar surface area (TPSA) is 37.9 Å². The number of allylic oxidation sites excluding steroid dienone is 1. The van der Waals surface area contributed by atoms with Crippen LogP contribution in [0.25, 0.3) is 58.6 Å². The van der Waals surface area contributed by atoms with Crippen molar-refractivity contribution in [3.8, 4) is 0 Å². The first-order valence-electron chi connectivity index (χ1n) is 14.7. The zero-order chi connectivity index (χ0) is 29.2. The second-order valence-electron chi connectivity index (χ2n) is 11.1. The summed E-state index contributed by atoms with van der Waals surface area (Å²) in [5.74, 6) is 0.659. The van der Waals surface area contributed by atoms with E-state index < -0.39 is 0 Å². The van der Waals surface area contributed by atoms with Crippen LogP contribution in [0.3, 0.4) is 0 Å². The molecule has 6 aromatic carbocycles. The maximum Gasteiger partial charge on any atom is 0.161 e. The highest BCUT2D eigenvalue weighted by atomic mass is 32.1. The smallest absolute Gasteiger partial charge is 0.161 e. The fraction of sp³-hybridized carbons (Fsp3) is 0.0250. The van der Waals surface area contributed by atoms with Gasteiger partial charge < -0.3 is 4.42 Å². The number of amidine groups is 1. The summed E-state index contributed by atoms with van der Waals surface area (Å²) in [5.41, 5.74) is 10.9. The minimum Gasteiger partial charge on any atom is -0.455 e. The van der Waals surface area contributed by atoms with Crippen LogP contribution < -0.4 is 0 Å². The van der Waals surface area contributed by atoms with Crippen molar-refractivity contribution in [1.29, 1.82) is 0 Å². The van der Waals surface area contributed by atoms with E-state index in [9.17, 15) is 0 Å². The van der Waals surface area contributed by atoms with Crippen molar-refractivity contribution in [1.82, 2.24) is 0 Å². The van der Waals surface area contributed by atoms with Crippen LogP contribution >= 0.6 is 11.3 Å². The van der Waals surface area contributed by atoms with E-state index in [1.54, 1.807) is 0 Å². The van der Waals surface area contributed by atoms with Crippen molar-refractivity contribution >= 4 is 81.5 Å².